The summed E-state index contributed by atoms with van der Waals surface area (Å²) in [5.41, 5.74) is 0.807. The lowest BCUT2D eigenvalue weighted by Crippen LogP contribution is -2.20. The normalized spacial score (nSPS) is 10.5. The van der Waals surface area contributed by atoms with E-state index < -0.39 is 30.3 Å². The summed E-state index contributed by atoms with van der Waals surface area (Å²) in [5, 5.41) is 2.90. The summed E-state index contributed by atoms with van der Waals surface area (Å²) in [6, 6.07) is 12.1. The topological polar surface area (TPSA) is 81.7 Å². The number of benzene rings is 2. The highest BCUT2D eigenvalue weighted by atomic mass is 32.1. The average Bonchev–Trinajstić information content (AvgIpc) is 3.13. The first-order chi connectivity index (χ1) is 13.5. The number of fused-ring (bicyclic) bond motifs is 1. The first-order valence-corrected chi connectivity index (χ1v) is 9.22. The van der Waals surface area contributed by atoms with Crippen LogP contribution in [-0.2, 0) is 14.3 Å². The van der Waals surface area contributed by atoms with Crippen molar-refractivity contribution < 1.29 is 28.2 Å². The van der Waals surface area contributed by atoms with Crippen LogP contribution in [0.4, 0.5) is 10.1 Å². The number of esters is 2. The molecule has 8 heteroatoms. The van der Waals surface area contributed by atoms with Crippen molar-refractivity contribution in [3.05, 3.63) is 64.8 Å². The first-order valence-electron chi connectivity index (χ1n) is 8.40. The van der Waals surface area contributed by atoms with Crippen LogP contribution >= 0.6 is 11.3 Å². The Morgan fingerprint density at radius 1 is 1.04 bits per heavy atom. The number of thiophene rings is 1. The molecule has 0 aliphatic rings. The lowest BCUT2D eigenvalue weighted by molar-refractivity contribution is -0.119. The zero-order valence-electron chi connectivity index (χ0n) is 14.9. The first kappa shape index (κ1) is 19.5. The summed E-state index contributed by atoms with van der Waals surface area (Å²) >= 11 is 1.09. The average molecular weight is 401 g/mol. The molecule has 6 nitrogen and oxygen atoms in total. The predicted octanol–water partition coefficient (Wildman–Crippen LogP) is 4.01. The van der Waals surface area contributed by atoms with Gasteiger partial charge in [0.05, 0.1) is 12.2 Å². The molecule has 2 aromatic carbocycles. The Bertz CT molecular complexity index is 1030. The summed E-state index contributed by atoms with van der Waals surface area (Å²) in [6.07, 6.45) is 0. The molecule has 0 spiro atoms. The number of ether oxygens (including phenoxy) is 2. The van der Waals surface area contributed by atoms with Gasteiger partial charge in [-0.3, -0.25) is 4.79 Å². The predicted molar refractivity (Wildman–Crippen MR) is 103 cm³/mol. The third kappa shape index (κ3) is 4.52. The van der Waals surface area contributed by atoms with Crippen molar-refractivity contribution in [2.75, 3.05) is 18.5 Å². The smallest absolute Gasteiger partial charge is 0.348 e. The van der Waals surface area contributed by atoms with Gasteiger partial charge < -0.3 is 14.8 Å². The van der Waals surface area contributed by atoms with Gasteiger partial charge in [0.2, 0.25) is 0 Å². The SMILES string of the molecule is CCOC(=O)c1ccc(NC(=O)COC(=O)c2cc3c(F)cccc3s2)cc1. The maximum Gasteiger partial charge on any atom is 0.348 e. The van der Waals surface area contributed by atoms with E-state index in [0.29, 0.717) is 21.3 Å². The van der Waals surface area contributed by atoms with Crippen LogP contribution < -0.4 is 5.32 Å². The zero-order chi connectivity index (χ0) is 20.1. The number of hydrogen-bond donors (Lipinski definition) is 1. The van der Waals surface area contributed by atoms with Crippen molar-refractivity contribution in [1.29, 1.82) is 0 Å². The maximum absolute atomic E-state index is 13.7. The van der Waals surface area contributed by atoms with Crippen LogP contribution in [0.2, 0.25) is 0 Å². The number of hydrogen-bond acceptors (Lipinski definition) is 6. The van der Waals surface area contributed by atoms with Gasteiger partial charge >= 0.3 is 11.9 Å². The van der Waals surface area contributed by atoms with Gasteiger partial charge in [0.1, 0.15) is 10.7 Å². The molecule has 1 heterocycles. The fourth-order valence-electron chi connectivity index (χ4n) is 2.43. The minimum absolute atomic E-state index is 0.215. The minimum atomic E-state index is -0.701. The van der Waals surface area contributed by atoms with Crippen molar-refractivity contribution >= 4 is 45.0 Å². The second kappa shape index (κ2) is 8.62. The molecule has 144 valence electrons. The van der Waals surface area contributed by atoms with E-state index in [9.17, 15) is 18.8 Å². The molecule has 28 heavy (non-hydrogen) atoms. The summed E-state index contributed by atoms with van der Waals surface area (Å²) in [4.78, 5) is 35.9. The molecule has 0 aliphatic carbocycles. The van der Waals surface area contributed by atoms with Crippen LogP contribution in [0, 0.1) is 5.82 Å². The molecule has 3 rings (SSSR count). The number of nitrogens with one attached hydrogen (secondary N) is 1. The van der Waals surface area contributed by atoms with Crippen LogP contribution in [-0.4, -0.2) is 31.1 Å². The molecule has 0 saturated heterocycles. The fraction of sp³-hybridized carbons (Fsp3) is 0.150. The second-order valence-corrected chi connectivity index (χ2v) is 6.77. The molecule has 0 bridgehead atoms. The zero-order valence-corrected chi connectivity index (χ0v) is 15.7. The van der Waals surface area contributed by atoms with Crippen LogP contribution in [0.25, 0.3) is 10.1 Å². The summed E-state index contributed by atoms with van der Waals surface area (Å²) in [7, 11) is 0. The van der Waals surface area contributed by atoms with Gasteiger partial charge in [0, 0.05) is 15.8 Å². The number of rotatable bonds is 6. The van der Waals surface area contributed by atoms with Crippen LogP contribution in [0.3, 0.4) is 0 Å². The molecule has 3 aromatic rings. The van der Waals surface area contributed by atoms with Gasteiger partial charge in [0.25, 0.3) is 5.91 Å². The Balaban J connectivity index is 1.55. The quantitative estimate of drug-likeness (QED) is 0.631. The van der Waals surface area contributed by atoms with E-state index in [1.165, 1.54) is 24.3 Å². The third-order valence-electron chi connectivity index (χ3n) is 3.72. The molecule has 0 unspecified atom stereocenters. The molecule has 0 fully saturated rings. The van der Waals surface area contributed by atoms with Crippen molar-refractivity contribution in [3.8, 4) is 0 Å². The maximum atomic E-state index is 13.7. The molecule has 0 aliphatic heterocycles. The Kier molecular flexibility index (Phi) is 6.00. The van der Waals surface area contributed by atoms with E-state index in [-0.39, 0.29) is 11.5 Å². The monoisotopic (exact) mass is 401 g/mol. The highest BCUT2D eigenvalue weighted by Crippen LogP contribution is 2.28. The van der Waals surface area contributed by atoms with Crippen molar-refractivity contribution in [2.24, 2.45) is 0 Å². The number of halogens is 1. The van der Waals surface area contributed by atoms with E-state index in [1.54, 1.807) is 31.2 Å². The van der Waals surface area contributed by atoms with Crippen LogP contribution in [0.15, 0.2) is 48.5 Å². The van der Waals surface area contributed by atoms with E-state index in [2.05, 4.69) is 5.32 Å². The molecular formula is C20H16FNO5S. The molecule has 0 atom stereocenters. The van der Waals surface area contributed by atoms with E-state index >= 15 is 0 Å². The van der Waals surface area contributed by atoms with Crippen LogP contribution in [0.1, 0.15) is 27.0 Å². The van der Waals surface area contributed by atoms with E-state index in [4.69, 9.17) is 9.47 Å². The standard InChI is InChI=1S/C20H16FNO5S/c1-2-26-19(24)12-6-8-13(9-7-12)22-18(23)11-27-20(25)17-10-14-15(21)4-3-5-16(14)28-17/h3-10H,2,11H2,1H3,(H,22,23). The van der Waals surface area contributed by atoms with Gasteiger partial charge in [-0.2, -0.15) is 0 Å². The van der Waals surface area contributed by atoms with E-state index in [0.717, 1.165) is 11.3 Å². The van der Waals surface area contributed by atoms with Gasteiger partial charge in [-0.1, -0.05) is 6.07 Å². The number of anilines is 1. The number of carbonyl (C=O) groups excluding carboxylic acids is 3. The van der Waals surface area contributed by atoms with Gasteiger partial charge in [0.15, 0.2) is 6.61 Å². The Hall–Kier alpha value is -3.26. The summed E-state index contributed by atoms with van der Waals surface area (Å²) < 4.78 is 24.2. The van der Waals surface area contributed by atoms with Gasteiger partial charge in [-0.25, -0.2) is 14.0 Å². The molecule has 1 N–H and O–H groups in total. The summed E-state index contributed by atoms with van der Waals surface area (Å²) in [5.74, 6) is -2.11. The highest BCUT2D eigenvalue weighted by Gasteiger charge is 2.15. The minimum Gasteiger partial charge on any atom is -0.462 e. The number of amides is 1. The molecule has 0 radical (unpaired) electrons. The molecular weight excluding hydrogens is 385 g/mol. The molecule has 0 saturated carbocycles. The molecule has 1 aromatic heterocycles. The van der Waals surface area contributed by atoms with Gasteiger partial charge in [-0.05, 0) is 49.4 Å². The molecule has 1 amide bonds. The van der Waals surface area contributed by atoms with E-state index in [1.807, 2.05) is 0 Å². The lowest BCUT2D eigenvalue weighted by atomic mass is 10.2. The largest absolute Gasteiger partial charge is 0.462 e. The van der Waals surface area contributed by atoms with Crippen molar-refractivity contribution in [3.63, 3.8) is 0 Å². The summed E-state index contributed by atoms with van der Waals surface area (Å²) in [6.45, 7) is 1.49. The van der Waals surface area contributed by atoms with Gasteiger partial charge in [-0.15, -0.1) is 11.3 Å². The lowest BCUT2D eigenvalue weighted by Gasteiger charge is -2.07. The Morgan fingerprint density at radius 3 is 2.46 bits per heavy atom. The Morgan fingerprint density at radius 2 is 1.79 bits per heavy atom. The second-order valence-electron chi connectivity index (χ2n) is 5.68. The Labute approximate surface area is 163 Å². The third-order valence-corrected chi connectivity index (χ3v) is 4.80. The van der Waals surface area contributed by atoms with Crippen LogP contribution in [0.5, 0.6) is 0 Å². The number of carbonyl (C=O) groups is 3. The van der Waals surface area contributed by atoms with Crippen molar-refractivity contribution in [1.82, 2.24) is 0 Å². The fourth-order valence-corrected chi connectivity index (χ4v) is 3.40. The highest BCUT2D eigenvalue weighted by molar-refractivity contribution is 7.20. The van der Waals surface area contributed by atoms with Crippen molar-refractivity contribution in [2.45, 2.75) is 6.92 Å².